The second-order valence-electron chi connectivity index (χ2n) is 8.34. The maximum atomic E-state index is 12.2. The van der Waals surface area contributed by atoms with Crippen LogP contribution in [0.1, 0.15) is 50.8 Å². The SMILES string of the molecule is CC[C@@](C)(c1ccc(OC)cc1)[C@@](C)(c1ccccc1)[C@](C)(O)c1ccccc1. The highest BCUT2D eigenvalue weighted by atomic mass is 16.5. The van der Waals surface area contributed by atoms with Gasteiger partial charge >= 0.3 is 0 Å². The largest absolute Gasteiger partial charge is 0.497 e. The van der Waals surface area contributed by atoms with E-state index in [1.54, 1.807) is 7.11 Å². The Hall–Kier alpha value is -2.58. The maximum Gasteiger partial charge on any atom is 0.118 e. The van der Waals surface area contributed by atoms with Crippen LogP contribution in [0.2, 0.25) is 0 Å². The lowest BCUT2D eigenvalue weighted by Gasteiger charge is -2.55. The fraction of sp³-hybridized carbons (Fsp3) is 0.333. The summed E-state index contributed by atoms with van der Waals surface area (Å²) in [7, 11) is 1.68. The van der Waals surface area contributed by atoms with E-state index in [0.29, 0.717) is 0 Å². The molecule has 0 radical (unpaired) electrons. The van der Waals surface area contributed by atoms with Gasteiger partial charge in [-0.05, 0) is 42.2 Å². The lowest BCUT2D eigenvalue weighted by molar-refractivity contribution is -0.0599. The molecule has 0 fully saturated rings. The van der Waals surface area contributed by atoms with Crippen molar-refractivity contribution in [2.24, 2.45) is 0 Å². The third kappa shape index (κ3) is 3.36. The molecule has 0 aliphatic rings. The third-order valence-electron chi connectivity index (χ3n) is 7.20. The Labute approximate surface area is 175 Å². The molecule has 152 valence electrons. The highest BCUT2D eigenvalue weighted by Crippen LogP contribution is 2.56. The van der Waals surface area contributed by atoms with Gasteiger partial charge in [-0.3, -0.25) is 0 Å². The van der Waals surface area contributed by atoms with Crippen molar-refractivity contribution in [1.29, 1.82) is 0 Å². The van der Waals surface area contributed by atoms with Crippen molar-refractivity contribution >= 4 is 0 Å². The Bertz CT molecular complexity index is 916. The average Bonchev–Trinajstić information content (AvgIpc) is 2.79. The van der Waals surface area contributed by atoms with Gasteiger partial charge in [-0.25, -0.2) is 0 Å². The van der Waals surface area contributed by atoms with Crippen LogP contribution in [-0.4, -0.2) is 12.2 Å². The van der Waals surface area contributed by atoms with Crippen molar-refractivity contribution in [2.45, 2.75) is 50.5 Å². The fourth-order valence-electron chi connectivity index (χ4n) is 4.76. The van der Waals surface area contributed by atoms with Crippen molar-refractivity contribution in [3.8, 4) is 5.75 Å². The first kappa shape index (κ1) is 21.1. The molecular formula is C27H32O2. The van der Waals surface area contributed by atoms with Gasteiger partial charge in [0.25, 0.3) is 0 Å². The van der Waals surface area contributed by atoms with Crippen LogP contribution in [0.15, 0.2) is 84.9 Å². The number of aliphatic hydroxyl groups is 1. The van der Waals surface area contributed by atoms with E-state index in [4.69, 9.17) is 4.74 Å². The van der Waals surface area contributed by atoms with E-state index in [9.17, 15) is 5.11 Å². The van der Waals surface area contributed by atoms with Crippen molar-refractivity contribution in [2.75, 3.05) is 7.11 Å². The Balaban J connectivity index is 2.29. The van der Waals surface area contributed by atoms with Gasteiger partial charge in [0.15, 0.2) is 0 Å². The molecule has 1 N–H and O–H groups in total. The minimum Gasteiger partial charge on any atom is -0.497 e. The Morgan fingerprint density at radius 2 is 1.17 bits per heavy atom. The van der Waals surface area contributed by atoms with Gasteiger partial charge in [-0.1, -0.05) is 93.6 Å². The fourth-order valence-corrected chi connectivity index (χ4v) is 4.76. The van der Waals surface area contributed by atoms with Gasteiger partial charge in [-0.2, -0.15) is 0 Å². The number of ether oxygens (including phenoxy) is 1. The molecule has 0 aliphatic heterocycles. The van der Waals surface area contributed by atoms with Crippen LogP contribution >= 0.6 is 0 Å². The summed E-state index contributed by atoms with van der Waals surface area (Å²) in [6.45, 7) is 8.61. The first-order valence-electron chi connectivity index (χ1n) is 10.3. The standard InChI is InChI=1S/C27H32O2/c1-6-25(2,21-17-19-24(29-5)20-18-21)26(3,22-13-9-7-10-14-22)27(4,28)23-15-11-8-12-16-23/h7-20,28H,6H2,1-5H3/t25-,26+,27+/m0/s1. The Kier molecular flexibility index (Phi) is 5.86. The van der Waals surface area contributed by atoms with E-state index < -0.39 is 11.0 Å². The molecule has 0 aromatic heterocycles. The highest BCUT2D eigenvalue weighted by Gasteiger charge is 2.56. The van der Waals surface area contributed by atoms with E-state index in [1.165, 1.54) is 5.56 Å². The van der Waals surface area contributed by atoms with Crippen LogP contribution < -0.4 is 4.74 Å². The molecule has 3 atom stereocenters. The van der Waals surface area contributed by atoms with Gasteiger partial charge in [-0.15, -0.1) is 0 Å². The molecule has 2 nitrogen and oxygen atoms in total. The molecule has 0 bridgehead atoms. The molecule has 0 spiro atoms. The van der Waals surface area contributed by atoms with E-state index in [-0.39, 0.29) is 5.41 Å². The number of hydrogen-bond acceptors (Lipinski definition) is 2. The zero-order chi connectivity index (χ0) is 21.1. The first-order valence-corrected chi connectivity index (χ1v) is 10.3. The van der Waals surface area contributed by atoms with Gasteiger partial charge in [0.1, 0.15) is 5.75 Å². The van der Waals surface area contributed by atoms with Crippen LogP contribution in [0.4, 0.5) is 0 Å². The maximum absolute atomic E-state index is 12.2. The second kappa shape index (κ2) is 8.04. The summed E-state index contributed by atoms with van der Waals surface area (Å²) < 4.78 is 5.37. The number of rotatable bonds is 7. The van der Waals surface area contributed by atoms with E-state index in [0.717, 1.165) is 23.3 Å². The zero-order valence-electron chi connectivity index (χ0n) is 18.1. The molecule has 3 rings (SSSR count). The molecule has 0 heterocycles. The van der Waals surface area contributed by atoms with Crippen LogP contribution in [0.25, 0.3) is 0 Å². The number of methoxy groups -OCH3 is 1. The minimum absolute atomic E-state index is 0.333. The van der Waals surface area contributed by atoms with Gasteiger partial charge in [0.2, 0.25) is 0 Å². The van der Waals surface area contributed by atoms with E-state index >= 15 is 0 Å². The van der Waals surface area contributed by atoms with E-state index in [1.807, 2.05) is 55.5 Å². The third-order valence-corrected chi connectivity index (χ3v) is 7.20. The van der Waals surface area contributed by atoms with E-state index in [2.05, 4.69) is 57.2 Å². The lowest BCUT2D eigenvalue weighted by atomic mass is 9.50. The molecule has 2 heteroatoms. The number of hydrogen-bond donors (Lipinski definition) is 1. The quantitative estimate of drug-likeness (QED) is 0.520. The summed E-state index contributed by atoms with van der Waals surface area (Å²) in [4.78, 5) is 0. The van der Waals surface area contributed by atoms with Crippen LogP contribution in [0, 0.1) is 0 Å². The summed E-state index contributed by atoms with van der Waals surface area (Å²) in [5.74, 6) is 0.837. The predicted molar refractivity (Wildman–Crippen MR) is 120 cm³/mol. The van der Waals surface area contributed by atoms with Gasteiger partial charge < -0.3 is 9.84 Å². The molecule has 0 amide bonds. The molecule has 3 aromatic rings. The first-order chi connectivity index (χ1) is 13.8. The zero-order valence-corrected chi connectivity index (χ0v) is 18.1. The van der Waals surface area contributed by atoms with Crippen LogP contribution in [0.5, 0.6) is 5.75 Å². The van der Waals surface area contributed by atoms with Crippen molar-refractivity contribution in [3.63, 3.8) is 0 Å². The number of benzene rings is 3. The molecule has 0 aliphatic carbocycles. The molecular weight excluding hydrogens is 356 g/mol. The lowest BCUT2D eigenvalue weighted by Crippen LogP contribution is -2.57. The smallest absolute Gasteiger partial charge is 0.118 e. The predicted octanol–water partition coefficient (Wildman–Crippen LogP) is 6.23. The Morgan fingerprint density at radius 1 is 0.690 bits per heavy atom. The van der Waals surface area contributed by atoms with Gasteiger partial charge in [0, 0.05) is 10.8 Å². The molecule has 0 saturated carbocycles. The van der Waals surface area contributed by atoms with Crippen molar-refractivity contribution in [1.82, 2.24) is 0 Å². The van der Waals surface area contributed by atoms with Crippen LogP contribution in [0.3, 0.4) is 0 Å². The summed E-state index contributed by atoms with van der Waals surface area (Å²) in [5.41, 5.74) is 1.20. The second-order valence-corrected chi connectivity index (χ2v) is 8.34. The van der Waals surface area contributed by atoms with Crippen molar-refractivity contribution in [3.05, 3.63) is 102 Å². The summed E-state index contributed by atoms with van der Waals surface area (Å²) in [6.07, 6.45) is 0.869. The minimum atomic E-state index is -1.10. The monoisotopic (exact) mass is 388 g/mol. The van der Waals surface area contributed by atoms with Gasteiger partial charge in [0.05, 0.1) is 12.7 Å². The highest BCUT2D eigenvalue weighted by molar-refractivity contribution is 5.45. The molecule has 29 heavy (non-hydrogen) atoms. The summed E-state index contributed by atoms with van der Waals surface area (Å²) >= 11 is 0. The van der Waals surface area contributed by atoms with Crippen molar-refractivity contribution < 1.29 is 9.84 Å². The topological polar surface area (TPSA) is 29.5 Å². The molecule has 0 unspecified atom stereocenters. The van der Waals surface area contributed by atoms with Crippen LogP contribution in [-0.2, 0) is 16.4 Å². The Morgan fingerprint density at radius 3 is 1.62 bits per heavy atom. The molecule has 0 saturated heterocycles. The average molecular weight is 389 g/mol. The summed E-state index contributed by atoms with van der Waals surface area (Å²) in [5, 5.41) is 12.2. The normalized spacial score (nSPS) is 17.6. The molecule has 3 aromatic carbocycles. The summed E-state index contributed by atoms with van der Waals surface area (Å²) in [6, 6.07) is 28.7.